The molecule has 1 aliphatic rings. The number of nitrogens with two attached hydrogens (primary N) is 1. The number of nitrogens with zero attached hydrogens (tertiary/aromatic N) is 1. The first-order chi connectivity index (χ1) is 10.1. The highest BCUT2D eigenvalue weighted by molar-refractivity contribution is 5.25. The lowest BCUT2D eigenvalue weighted by atomic mass is 9.84. The molecule has 118 valence electrons. The summed E-state index contributed by atoms with van der Waals surface area (Å²) in [6, 6.07) is 9.68. The van der Waals surface area contributed by atoms with E-state index in [0.717, 1.165) is 24.9 Å². The molecule has 1 saturated carbocycles. The number of hydrogen-bond acceptors (Lipinski definition) is 2. The maximum Gasteiger partial charge on any atom is 0.0424 e. The zero-order valence-electron chi connectivity index (χ0n) is 14.0. The van der Waals surface area contributed by atoms with Gasteiger partial charge in [-0.25, -0.2) is 0 Å². The summed E-state index contributed by atoms with van der Waals surface area (Å²) in [6.45, 7) is 5.48. The molecule has 1 aromatic carbocycles. The van der Waals surface area contributed by atoms with E-state index in [0.29, 0.717) is 0 Å². The monoisotopic (exact) mass is 288 g/mol. The van der Waals surface area contributed by atoms with Crippen LogP contribution in [0.5, 0.6) is 0 Å². The minimum absolute atomic E-state index is 0.129. The van der Waals surface area contributed by atoms with Crippen molar-refractivity contribution in [2.24, 2.45) is 11.7 Å². The van der Waals surface area contributed by atoms with Crippen molar-refractivity contribution in [3.05, 3.63) is 35.4 Å². The molecule has 2 heteroatoms. The molecule has 0 bridgehead atoms. The van der Waals surface area contributed by atoms with Gasteiger partial charge in [-0.05, 0) is 56.2 Å². The van der Waals surface area contributed by atoms with Crippen LogP contribution in [0.4, 0.5) is 0 Å². The smallest absolute Gasteiger partial charge is 0.0424 e. The molecule has 2 rings (SSSR count). The molecule has 0 heterocycles. The largest absolute Gasteiger partial charge is 0.323 e. The number of benzene rings is 1. The summed E-state index contributed by atoms with van der Waals surface area (Å²) in [5, 5.41) is 0. The molecule has 21 heavy (non-hydrogen) atoms. The van der Waals surface area contributed by atoms with Gasteiger partial charge < -0.3 is 10.6 Å². The second-order valence-electron chi connectivity index (χ2n) is 6.72. The van der Waals surface area contributed by atoms with E-state index in [4.69, 9.17) is 5.73 Å². The predicted molar refractivity (Wildman–Crippen MR) is 91.4 cm³/mol. The van der Waals surface area contributed by atoms with Crippen LogP contribution < -0.4 is 5.73 Å². The van der Waals surface area contributed by atoms with Gasteiger partial charge in [-0.1, -0.05) is 44.5 Å². The Hall–Kier alpha value is -0.860. The molecule has 0 aliphatic heterocycles. The SMILES string of the molecule is CCc1ccc(C(N)CN(C)C2CCC(CC)CC2)cc1. The molecule has 0 amide bonds. The third-order valence-corrected chi connectivity index (χ3v) is 5.32. The van der Waals surface area contributed by atoms with Crippen LogP contribution in [0.1, 0.15) is 63.1 Å². The normalized spacial score (nSPS) is 24.2. The quantitative estimate of drug-likeness (QED) is 0.852. The number of aryl methyl sites for hydroxylation is 1. The molecule has 1 aliphatic carbocycles. The van der Waals surface area contributed by atoms with Crippen LogP contribution in [0.15, 0.2) is 24.3 Å². The molecule has 0 radical (unpaired) electrons. The highest BCUT2D eigenvalue weighted by atomic mass is 15.1. The van der Waals surface area contributed by atoms with E-state index in [9.17, 15) is 0 Å². The Morgan fingerprint density at radius 3 is 2.24 bits per heavy atom. The van der Waals surface area contributed by atoms with E-state index in [2.05, 4.69) is 50.1 Å². The second-order valence-corrected chi connectivity index (χ2v) is 6.72. The standard InChI is InChI=1S/C19H32N2/c1-4-15-6-10-17(11-7-15)19(20)14-21(3)18-12-8-16(5-2)9-13-18/h6-7,10-11,16,18-19H,4-5,8-9,12-14,20H2,1-3H3. The van der Waals surface area contributed by atoms with Crippen LogP contribution in [-0.4, -0.2) is 24.5 Å². The molecule has 0 aromatic heterocycles. The first kappa shape index (κ1) is 16.5. The van der Waals surface area contributed by atoms with Gasteiger partial charge in [0.15, 0.2) is 0 Å². The van der Waals surface area contributed by atoms with Crippen LogP contribution in [0, 0.1) is 5.92 Å². The summed E-state index contributed by atoms with van der Waals surface area (Å²) in [5.41, 5.74) is 9.06. The predicted octanol–water partition coefficient (Wildman–Crippen LogP) is 4.15. The van der Waals surface area contributed by atoms with Crippen molar-refractivity contribution in [2.45, 2.75) is 64.5 Å². The molecule has 1 atom stereocenters. The van der Waals surface area contributed by atoms with Gasteiger partial charge in [-0.3, -0.25) is 0 Å². The summed E-state index contributed by atoms with van der Waals surface area (Å²) in [6.07, 6.45) is 7.92. The Balaban J connectivity index is 1.85. The lowest BCUT2D eigenvalue weighted by Crippen LogP contribution is -2.39. The van der Waals surface area contributed by atoms with Gasteiger partial charge in [-0.15, -0.1) is 0 Å². The van der Waals surface area contributed by atoms with Crippen LogP contribution in [0.25, 0.3) is 0 Å². The first-order valence-corrected chi connectivity index (χ1v) is 8.68. The summed E-state index contributed by atoms with van der Waals surface area (Å²) < 4.78 is 0. The average molecular weight is 288 g/mol. The van der Waals surface area contributed by atoms with Gasteiger partial charge >= 0.3 is 0 Å². The Bertz CT molecular complexity index is 404. The van der Waals surface area contributed by atoms with Gasteiger partial charge in [0.1, 0.15) is 0 Å². The van der Waals surface area contributed by atoms with E-state index in [1.165, 1.54) is 43.2 Å². The third kappa shape index (κ3) is 4.55. The Labute approximate surface area is 130 Å². The van der Waals surface area contributed by atoms with Crippen LogP contribution in [0.2, 0.25) is 0 Å². The van der Waals surface area contributed by atoms with E-state index in [1.807, 2.05) is 0 Å². The van der Waals surface area contributed by atoms with E-state index < -0.39 is 0 Å². The molecule has 2 N–H and O–H groups in total. The van der Waals surface area contributed by atoms with Gasteiger partial charge in [-0.2, -0.15) is 0 Å². The van der Waals surface area contributed by atoms with Crippen molar-refractivity contribution < 1.29 is 0 Å². The lowest BCUT2D eigenvalue weighted by molar-refractivity contribution is 0.156. The highest BCUT2D eigenvalue weighted by Gasteiger charge is 2.24. The van der Waals surface area contributed by atoms with Crippen LogP contribution in [0.3, 0.4) is 0 Å². The van der Waals surface area contributed by atoms with Crippen molar-refractivity contribution >= 4 is 0 Å². The van der Waals surface area contributed by atoms with E-state index in [1.54, 1.807) is 0 Å². The van der Waals surface area contributed by atoms with Crippen LogP contribution in [-0.2, 0) is 6.42 Å². The van der Waals surface area contributed by atoms with E-state index in [-0.39, 0.29) is 6.04 Å². The molecular formula is C19H32N2. The molecular weight excluding hydrogens is 256 g/mol. The summed E-state index contributed by atoms with van der Waals surface area (Å²) in [5.74, 6) is 0.963. The maximum atomic E-state index is 6.41. The summed E-state index contributed by atoms with van der Waals surface area (Å²) in [7, 11) is 2.25. The third-order valence-electron chi connectivity index (χ3n) is 5.32. The lowest BCUT2D eigenvalue weighted by Gasteiger charge is -2.35. The van der Waals surface area contributed by atoms with Gasteiger partial charge in [0, 0.05) is 18.6 Å². The van der Waals surface area contributed by atoms with Crippen molar-refractivity contribution in [3.63, 3.8) is 0 Å². The minimum atomic E-state index is 0.129. The number of likely N-dealkylation sites (N-methyl/N-ethyl adjacent to an activating group) is 1. The zero-order chi connectivity index (χ0) is 15.2. The number of hydrogen-bond donors (Lipinski definition) is 1. The van der Waals surface area contributed by atoms with Crippen LogP contribution >= 0.6 is 0 Å². The molecule has 0 spiro atoms. The summed E-state index contributed by atoms with van der Waals surface area (Å²) >= 11 is 0. The molecule has 1 fully saturated rings. The van der Waals surface area contributed by atoms with Crippen molar-refractivity contribution in [1.29, 1.82) is 0 Å². The fourth-order valence-corrected chi connectivity index (χ4v) is 3.56. The average Bonchev–Trinajstić information content (AvgIpc) is 2.55. The fraction of sp³-hybridized carbons (Fsp3) is 0.684. The maximum absolute atomic E-state index is 6.41. The molecule has 2 nitrogen and oxygen atoms in total. The van der Waals surface area contributed by atoms with Gasteiger partial charge in [0.05, 0.1) is 0 Å². The minimum Gasteiger partial charge on any atom is -0.323 e. The van der Waals surface area contributed by atoms with Gasteiger partial charge in [0.2, 0.25) is 0 Å². The summed E-state index contributed by atoms with van der Waals surface area (Å²) in [4.78, 5) is 2.49. The van der Waals surface area contributed by atoms with Crippen molar-refractivity contribution in [3.8, 4) is 0 Å². The Morgan fingerprint density at radius 2 is 1.71 bits per heavy atom. The topological polar surface area (TPSA) is 29.3 Å². The first-order valence-electron chi connectivity index (χ1n) is 8.68. The van der Waals surface area contributed by atoms with Gasteiger partial charge in [0.25, 0.3) is 0 Å². The zero-order valence-corrected chi connectivity index (χ0v) is 14.0. The molecule has 0 saturated heterocycles. The second kappa shape index (κ2) is 7.95. The molecule has 1 unspecified atom stereocenters. The fourth-order valence-electron chi connectivity index (χ4n) is 3.56. The Morgan fingerprint density at radius 1 is 1.10 bits per heavy atom. The number of rotatable bonds is 6. The van der Waals surface area contributed by atoms with Crippen molar-refractivity contribution in [1.82, 2.24) is 4.90 Å². The highest BCUT2D eigenvalue weighted by Crippen LogP contribution is 2.29. The Kier molecular flexibility index (Phi) is 6.25. The van der Waals surface area contributed by atoms with Crippen molar-refractivity contribution in [2.75, 3.05) is 13.6 Å². The molecule has 1 aromatic rings. The van der Waals surface area contributed by atoms with E-state index >= 15 is 0 Å².